The molecule has 2 aromatic carbocycles. The lowest BCUT2D eigenvalue weighted by molar-refractivity contribution is -0.118. The number of amides is 1. The van der Waals surface area contributed by atoms with Gasteiger partial charge < -0.3 is 14.8 Å². The van der Waals surface area contributed by atoms with Crippen molar-refractivity contribution in [3.8, 4) is 11.5 Å². The van der Waals surface area contributed by atoms with Crippen LogP contribution in [0.4, 0.5) is 5.69 Å². The second-order valence-electron chi connectivity index (χ2n) is 6.84. The molecular weight excluding hydrogens is 338 g/mol. The fourth-order valence-corrected chi connectivity index (χ4v) is 2.89. The number of hydrogen-bond donors (Lipinski definition) is 1. The van der Waals surface area contributed by atoms with E-state index in [0.717, 1.165) is 41.3 Å². The third-order valence-corrected chi connectivity index (χ3v) is 4.41. The first-order chi connectivity index (χ1) is 13.1. The van der Waals surface area contributed by atoms with Gasteiger partial charge >= 0.3 is 0 Å². The standard InChI is InChI=1S/C23H31NO3/c1-4-5-6-7-8-16-26-21-14-12-20(13-15-21)24-22(25)17-27-23-18(2)10-9-11-19(23)3/h9-15H,4-8,16-17H2,1-3H3,(H,24,25). The molecule has 0 unspecified atom stereocenters. The quantitative estimate of drug-likeness (QED) is 0.519. The third-order valence-electron chi connectivity index (χ3n) is 4.41. The highest BCUT2D eigenvalue weighted by Gasteiger charge is 2.08. The van der Waals surface area contributed by atoms with Crippen LogP contribution in [0.15, 0.2) is 42.5 Å². The molecule has 2 rings (SSSR count). The normalized spacial score (nSPS) is 10.5. The molecule has 0 fully saturated rings. The molecule has 0 atom stereocenters. The van der Waals surface area contributed by atoms with E-state index in [0.29, 0.717) is 0 Å². The number of nitrogens with one attached hydrogen (secondary N) is 1. The zero-order valence-corrected chi connectivity index (χ0v) is 16.7. The van der Waals surface area contributed by atoms with E-state index < -0.39 is 0 Å². The van der Waals surface area contributed by atoms with E-state index in [1.54, 1.807) is 0 Å². The summed E-state index contributed by atoms with van der Waals surface area (Å²) in [6.45, 7) is 6.89. The molecule has 146 valence electrons. The number of carbonyl (C=O) groups is 1. The molecular formula is C23H31NO3. The summed E-state index contributed by atoms with van der Waals surface area (Å²) in [4.78, 5) is 12.1. The summed E-state index contributed by atoms with van der Waals surface area (Å²) in [5.41, 5.74) is 2.79. The van der Waals surface area contributed by atoms with Crippen molar-refractivity contribution in [2.24, 2.45) is 0 Å². The van der Waals surface area contributed by atoms with Crippen molar-refractivity contribution in [2.45, 2.75) is 52.9 Å². The Morgan fingerprint density at radius 2 is 1.56 bits per heavy atom. The highest BCUT2D eigenvalue weighted by Crippen LogP contribution is 2.22. The minimum Gasteiger partial charge on any atom is -0.494 e. The summed E-state index contributed by atoms with van der Waals surface area (Å²) in [5, 5.41) is 2.85. The van der Waals surface area contributed by atoms with Crippen molar-refractivity contribution < 1.29 is 14.3 Å². The van der Waals surface area contributed by atoms with E-state index in [-0.39, 0.29) is 12.5 Å². The molecule has 0 aliphatic heterocycles. The Balaban J connectivity index is 1.73. The topological polar surface area (TPSA) is 47.6 Å². The minimum atomic E-state index is -0.178. The third kappa shape index (κ3) is 7.33. The molecule has 0 saturated carbocycles. The second-order valence-corrected chi connectivity index (χ2v) is 6.84. The van der Waals surface area contributed by atoms with Crippen LogP contribution in [-0.4, -0.2) is 19.1 Å². The lowest BCUT2D eigenvalue weighted by Crippen LogP contribution is -2.20. The highest BCUT2D eigenvalue weighted by molar-refractivity contribution is 5.91. The van der Waals surface area contributed by atoms with Crippen LogP contribution in [0.5, 0.6) is 11.5 Å². The monoisotopic (exact) mass is 369 g/mol. The number of rotatable bonds is 11. The Kier molecular flexibility index (Phi) is 8.69. The number of anilines is 1. The predicted octanol–water partition coefficient (Wildman–Crippen LogP) is 5.67. The van der Waals surface area contributed by atoms with Crippen molar-refractivity contribution in [3.05, 3.63) is 53.6 Å². The van der Waals surface area contributed by atoms with Crippen LogP contribution in [0, 0.1) is 13.8 Å². The summed E-state index contributed by atoms with van der Waals surface area (Å²) in [6, 6.07) is 13.4. The van der Waals surface area contributed by atoms with E-state index in [1.165, 1.54) is 25.7 Å². The van der Waals surface area contributed by atoms with Crippen LogP contribution >= 0.6 is 0 Å². The van der Waals surface area contributed by atoms with Gasteiger partial charge in [-0.25, -0.2) is 0 Å². The van der Waals surface area contributed by atoms with Crippen molar-refractivity contribution in [1.82, 2.24) is 0 Å². The SMILES string of the molecule is CCCCCCCOc1ccc(NC(=O)COc2c(C)cccc2C)cc1. The summed E-state index contributed by atoms with van der Waals surface area (Å²) in [7, 11) is 0. The van der Waals surface area contributed by atoms with Gasteiger partial charge in [0.15, 0.2) is 6.61 Å². The Bertz CT molecular complexity index is 690. The van der Waals surface area contributed by atoms with Crippen molar-refractivity contribution in [2.75, 3.05) is 18.5 Å². The van der Waals surface area contributed by atoms with Crippen LogP contribution in [-0.2, 0) is 4.79 Å². The van der Waals surface area contributed by atoms with Gasteiger partial charge in [0.1, 0.15) is 11.5 Å². The Morgan fingerprint density at radius 3 is 2.22 bits per heavy atom. The van der Waals surface area contributed by atoms with E-state index in [4.69, 9.17) is 9.47 Å². The summed E-state index contributed by atoms with van der Waals surface area (Å²) >= 11 is 0. The fourth-order valence-electron chi connectivity index (χ4n) is 2.89. The van der Waals surface area contributed by atoms with Gasteiger partial charge in [-0.2, -0.15) is 0 Å². The molecule has 0 heterocycles. The molecule has 0 aromatic heterocycles. The van der Waals surface area contributed by atoms with Crippen LogP contribution in [0.25, 0.3) is 0 Å². The molecule has 1 amide bonds. The second kappa shape index (κ2) is 11.3. The van der Waals surface area contributed by atoms with Crippen LogP contribution < -0.4 is 14.8 Å². The molecule has 0 radical (unpaired) electrons. The maximum atomic E-state index is 12.1. The van der Waals surface area contributed by atoms with Crippen LogP contribution in [0.3, 0.4) is 0 Å². The Labute approximate surface area is 162 Å². The Hall–Kier alpha value is -2.49. The van der Waals surface area contributed by atoms with Gasteiger partial charge in [0.25, 0.3) is 5.91 Å². The van der Waals surface area contributed by atoms with Gasteiger partial charge in [0, 0.05) is 5.69 Å². The maximum absolute atomic E-state index is 12.1. The first kappa shape index (κ1) is 20.8. The molecule has 27 heavy (non-hydrogen) atoms. The Morgan fingerprint density at radius 1 is 0.889 bits per heavy atom. The van der Waals surface area contributed by atoms with Crippen LogP contribution in [0.2, 0.25) is 0 Å². The molecule has 4 nitrogen and oxygen atoms in total. The zero-order valence-electron chi connectivity index (χ0n) is 16.7. The largest absolute Gasteiger partial charge is 0.494 e. The zero-order chi connectivity index (χ0) is 19.5. The number of carbonyl (C=O) groups excluding carboxylic acids is 1. The smallest absolute Gasteiger partial charge is 0.262 e. The van der Waals surface area contributed by atoms with Gasteiger partial charge in [-0.3, -0.25) is 4.79 Å². The first-order valence-electron chi connectivity index (χ1n) is 9.82. The summed E-state index contributed by atoms with van der Waals surface area (Å²) in [5.74, 6) is 1.42. The highest BCUT2D eigenvalue weighted by atomic mass is 16.5. The van der Waals surface area contributed by atoms with Crippen molar-refractivity contribution in [3.63, 3.8) is 0 Å². The van der Waals surface area contributed by atoms with Gasteiger partial charge in [-0.15, -0.1) is 0 Å². The van der Waals surface area contributed by atoms with Gasteiger partial charge in [-0.05, 0) is 55.7 Å². The maximum Gasteiger partial charge on any atom is 0.262 e. The van der Waals surface area contributed by atoms with Gasteiger partial charge in [-0.1, -0.05) is 50.8 Å². The fraction of sp³-hybridized carbons (Fsp3) is 0.435. The average Bonchev–Trinajstić information content (AvgIpc) is 2.65. The molecule has 1 N–H and O–H groups in total. The van der Waals surface area contributed by atoms with E-state index >= 15 is 0 Å². The summed E-state index contributed by atoms with van der Waals surface area (Å²) < 4.78 is 11.4. The number of benzene rings is 2. The predicted molar refractivity (Wildman–Crippen MR) is 111 cm³/mol. The molecule has 0 aliphatic carbocycles. The van der Waals surface area contributed by atoms with Gasteiger partial charge in [0.05, 0.1) is 6.61 Å². The average molecular weight is 370 g/mol. The van der Waals surface area contributed by atoms with Crippen molar-refractivity contribution in [1.29, 1.82) is 0 Å². The molecule has 0 aliphatic rings. The number of unbranched alkanes of at least 4 members (excludes halogenated alkanes) is 4. The first-order valence-corrected chi connectivity index (χ1v) is 9.82. The number of hydrogen-bond acceptors (Lipinski definition) is 3. The minimum absolute atomic E-state index is 0.0122. The number of ether oxygens (including phenoxy) is 2. The molecule has 4 heteroatoms. The van der Waals surface area contributed by atoms with E-state index in [2.05, 4.69) is 12.2 Å². The lowest BCUT2D eigenvalue weighted by Gasteiger charge is -2.12. The van der Waals surface area contributed by atoms with Crippen molar-refractivity contribution >= 4 is 11.6 Å². The molecule has 0 saturated heterocycles. The molecule has 0 bridgehead atoms. The molecule has 2 aromatic rings. The lowest BCUT2D eigenvalue weighted by atomic mass is 10.1. The van der Waals surface area contributed by atoms with E-state index in [1.807, 2.05) is 56.3 Å². The molecule has 0 spiro atoms. The number of aryl methyl sites for hydroxylation is 2. The van der Waals surface area contributed by atoms with E-state index in [9.17, 15) is 4.79 Å². The van der Waals surface area contributed by atoms with Crippen LogP contribution in [0.1, 0.15) is 50.2 Å². The summed E-state index contributed by atoms with van der Waals surface area (Å²) in [6.07, 6.45) is 6.11. The number of para-hydroxylation sites is 1. The van der Waals surface area contributed by atoms with Gasteiger partial charge in [0.2, 0.25) is 0 Å².